The molecule has 2 N–H and O–H groups in total. The van der Waals surface area contributed by atoms with Crippen LogP contribution in [0.25, 0.3) is 0 Å². The second-order valence-corrected chi connectivity index (χ2v) is 5.05. The number of carbonyl (C=O) groups excluding carboxylic acids is 1. The van der Waals surface area contributed by atoms with E-state index in [9.17, 15) is 9.59 Å². The summed E-state index contributed by atoms with van der Waals surface area (Å²) in [6.45, 7) is 3.32. The van der Waals surface area contributed by atoms with Crippen molar-refractivity contribution in [2.45, 2.75) is 25.0 Å². The molecular weight excluding hydrogens is 282 g/mol. The summed E-state index contributed by atoms with van der Waals surface area (Å²) in [5.41, 5.74) is 0.905. The van der Waals surface area contributed by atoms with Crippen LogP contribution in [0, 0.1) is 6.92 Å². The lowest BCUT2D eigenvalue weighted by molar-refractivity contribution is -0.134. The largest absolute Gasteiger partial charge is 0.481 e. The molecule has 1 rings (SSSR count). The van der Waals surface area contributed by atoms with Gasteiger partial charge in [0, 0.05) is 38.5 Å². The van der Waals surface area contributed by atoms with Crippen molar-refractivity contribution in [3.8, 4) is 0 Å². The summed E-state index contributed by atoms with van der Waals surface area (Å²) in [7, 11) is 1.58. The number of rotatable bonds is 9. The first-order valence-corrected chi connectivity index (χ1v) is 7.15. The highest BCUT2D eigenvalue weighted by molar-refractivity contribution is 7.99. The predicted octanol–water partition coefficient (Wildman–Crippen LogP) is 0.521. The molecule has 0 bridgehead atoms. The lowest BCUT2D eigenvalue weighted by Crippen LogP contribution is -2.27. The zero-order chi connectivity index (χ0) is 15.0. The van der Waals surface area contributed by atoms with E-state index in [2.05, 4.69) is 10.3 Å². The number of aliphatic carboxylic acids is 1. The number of carbonyl (C=O) groups is 2. The summed E-state index contributed by atoms with van der Waals surface area (Å²) < 4.78 is 6.70. The maximum atomic E-state index is 11.6. The van der Waals surface area contributed by atoms with Crippen molar-refractivity contribution < 1.29 is 19.4 Å². The molecule has 0 aliphatic rings. The number of hydrogen-bond donors (Lipinski definition) is 2. The van der Waals surface area contributed by atoms with Gasteiger partial charge in [-0.25, -0.2) is 4.98 Å². The van der Waals surface area contributed by atoms with E-state index in [0.29, 0.717) is 31.3 Å². The maximum absolute atomic E-state index is 11.6. The fourth-order valence-electron chi connectivity index (χ4n) is 1.55. The van der Waals surface area contributed by atoms with Crippen LogP contribution >= 0.6 is 11.8 Å². The fourth-order valence-corrected chi connectivity index (χ4v) is 2.32. The van der Waals surface area contributed by atoms with E-state index >= 15 is 0 Å². The van der Waals surface area contributed by atoms with E-state index in [-0.39, 0.29) is 11.7 Å². The van der Waals surface area contributed by atoms with Crippen molar-refractivity contribution in [2.75, 3.05) is 26.0 Å². The van der Waals surface area contributed by atoms with Crippen LogP contribution in [0.2, 0.25) is 0 Å². The van der Waals surface area contributed by atoms with Gasteiger partial charge in [0.1, 0.15) is 0 Å². The molecule has 0 aromatic carbocycles. The summed E-state index contributed by atoms with van der Waals surface area (Å²) in [4.78, 5) is 26.3. The third kappa shape index (κ3) is 5.62. The Morgan fingerprint density at radius 2 is 2.30 bits per heavy atom. The summed E-state index contributed by atoms with van der Waals surface area (Å²) in [6, 6.07) is 0. The van der Waals surface area contributed by atoms with Gasteiger partial charge in [0.2, 0.25) is 5.91 Å². The molecule has 0 atom stereocenters. The van der Waals surface area contributed by atoms with Crippen molar-refractivity contribution in [3.63, 3.8) is 0 Å². The molecule has 0 fully saturated rings. The number of methoxy groups -OCH3 is 1. The zero-order valence-electron chi connectivity index (χ0n) is 11.6. The fraction of sp³-hybridized carbons (Fsp3) is 0.583. The lowest BCUT2D eigenvalue weighted by Gasteiger charge is -2.09. The topological polar surface area (TPSA) is 93.5 Å². The molecule has 0 radical (unpaired) electrons. The van der Waals surface area contributed by atoms with Crippen molar-refractivity contribution in [2.24, 2.45) is 0 Å². The van der Waals surface area contributed by atoms with Crippen molar-refractivity contribution in [3.05, 3.63) is 11.9 Å². The average molecular weight is 301 g/mol. The number of nitrogens with zero attached hydrogens (tertiary/aromatic N) is 2. The molecule has 8 heteroatoms. The van der Waals surface area contributed by atoms with Crippen molar-refractivity contribution in [1.82, 2.24) is 14.9 Å². The van der Waals surface area contributed by atoms with Gasteiger partial charge in [-0.15, -0.1) is 0 Å². The monoisotopic (exact) mass is 301 g/mol. The summed E-state index contributed by atoms with van der Waals surface area (Å²) in [5.74, 6) is -1.000. The first kappa shape index (κ1) is 16.5. The normalized spacial score (nSPS) is 10.5. The van der Waals surface area contributed by atoms with Gasteiger partial charge in [-0.05, 0) is 6.92 Å². The van der Waals surface area contributed by atoms with E-state index < -0.39 is 5.97 Å². The van der Waals surface area contributed by atoms with Crippen molar-refractivity contribution in [1.29, 1.82) is 0 Å². The number of aromatic nitrogens is 2. The minimum atomic E-state index is -0.889. The van der Waals surface area contributed by atoms with Crippen LogP contribution in [0.5, 0.6) is 0 Å². The highest BCUT2D eigenvalue weighted by Gasteiger charge is 2.11. The number of amides is 1. The molecule has 1 heterocycles. The van der Waals surface area contributed by atoms with Crippen molar-refractivity contribution >= 4 is 23.6 Å². The Morgan fingerprint density at radius 3 is 2.95 bits per heavy atom. The molecule has 0 aliphatic carbocycles. The second-order valence-electron chi connectivity index (χ2n) is 4.11. The number of carboxylic acid groups (broad SMARTS) is 1. The van der Waals surface area contributed by atoms with Crippen LogP contribution in [0.15, 0.2) is 11.4 Å². The van der Waals surface area contributed by atoms with Gasteiger partial charge < -0.3 is 19.7 Å². The highest BCUT2D eigenvalue weighted by Crippen LogP contribution is 2.18. The Hall–Kier alpha value is -1.54. The molecule has 20 heavy (non-hydrogen) atoms. The molecule has 112 valence electrons. The lowest BCUT2D eigenvalue weighted by atomic mass is 10.4. The third-order valence-corrected chi connectivity index (χ3v) is 3.51. The summed E-state index contributed by atoms with van der Waals surface area (Å²) >= 11 is 1.15. The zero-order valence-corrected chi connectivity index (χ0v) is 12.4. The average Bonchev–Trinajstić information content (AvgIpc) is 2.75. The number of ether oxygens (including phenoxy) is 1. The Balaban J connectivity index is 2.48. The first-order chi connectivity index (χ1) is 9.54. The smallest absolute Gasteiger partial charge is 0.313 e. The number of thioether (sulfide) groups is 1. The number of nitrogens with one attached hydrogen (secondary N) is 1. The Kier molecular flexibility index (Phi) is 7.10. The highest BCUT2D eigenvalue weighted by atomic mass is 32.2. The predicted molar refractivity (Wildman–Crippen MR) is 74.8 cm³/mol. The molecule has 0 unspecified atom stereocenters. The SMILES string of the molecule is COCCNC(=O)CCn1c(C)cnc1SCC(=O)O. The van der Waals surface area contributed by atoms with Gasteiger partial charge in [0.25, 0.3) is 0 Å². The molecule has 1 aromatic heterocycles. The maximum Gasteiger partial charge on any atom is 0.313 e. The standard InChI is InChI=1S/C12H19N3O4S/c1-9-7-14-12(20-8-11(17)18)15(9)5-3-10(16)13-4-6-19-2/h7H,3-6,8H2,1-2H3,(H,13,16)(H,17,18). The quantitative estimate of drug-likeness (QED) is 0.510. The molecule has 0 saturated heterocycles. The first-order valence-electron chi connectivity index (χ1n) is 6.17. The Labute approximate surface area is 121 Å². The summed E-state index contributed by atoms with van der Waals surface area (Å²) in [5, 5.41) is 12.0. The van der Waals surface area contributed by atoms with E-state index in [1.165, 1.54) is 0 Å². The van der Waals surface area contributed by atoms with Crippen LogP contribution in [-0.4, -0.2) is 52.5 Å². The molecule has 0 spiro atoms. The molecule has 1 amide bonds. The van der Waals surface area contributed by atoms with Gasteiger partial charge in [-0.2, -0.15) is 0 Å². The van der Waals surface area contributed by atoms with Gasteiger partial charge in [0.15, 0.2) is 5.16 Å². The molecule has 7 nitrogen and oxygen atoms in total. The number of hydrogen-bond acceptors (Lipinski definition) is 5. The van der Waals surface area contributed by atoms with Gasteiger partial charge in [-0.1, -0.05) is 11.8 Å². The Morgan fingerprint density at radius 1 is 1.55 bits per heavy atom. The van der Waals surface area contributed by atoms with Crippen LogP contribution in [0.1, 0.15) is 12.1 Å². The van der Waals surface area contributed by atoms with E-state index in [4.69, 9.17) is 9.84 Å². The minimum absolute atomic E-state index is 0.0452. The number of imidazole rings is 1. The van der Waals surface area contributed by atoms with Crippen LogP contribution in [-0.2, 0) is 20.9 Å². The van der Waals surface area contributed by atoms with E-state index in [1.807, 2.05) is 11.5 Å². The summed E-state index contributed by atoms with van der Waals surface area (Å²) in [6.07, 6.45) is 1.99. The van der Waals surface area contributed by atoms with E-state index in [0.717, 1.165) is 17.5 Å². The van der Waals surface area contributed by atoms with Crippen LogP contribution in [0.3, 0.4) is 0 Å². The molecule has 0 saturated carbocycles. The number of carboxylic acids is 1. The van der Waals surface area contributed by atoms with Gasteiger partial charge in [-0.3, -0.25) is 9.59 Å². The van der Waals surface area contributed by atoms with E-state index in [1.54, 1.807) is 13.3 Å². The third-order valence-electron chi connectivity index (χ3n) is 2.53. The number of aryl methyl sites for hydroxylation is 1. The second kappa shape index (κ2) is 8.60. The van der Waals surface area contributed by atoms with Crippen LogP contribution < -0.4 is 5.32 Å². The molecule has 1 aromatic rings. The minimum Gasteiger partial charge on any atom is -0.481 e. The van der Waals surface area contributed by atoms with Gasteiger partial charge >= 0.3 is 5.97 Å². The molecular formula is C12H19N3O4S. The Bertz CT molecular complexity index is 462. The van der Waals surface area contributed by atoms with Gasteiger partial charge in [0.05, 0.1) is 12.4 Å². The van der Waals surface area contributed by atoms with Crippen LogP contribution in [0.4, 0.5) is 0 Å². The molecule has 0 aliphatic heterocycles.